The van der Waals surface area contributed by atoms with Gasteiger partial charge in [0.2, 0.25) is 0 Å². The highest BCUT2D eigenvalue weighted by Gasteiger charge is 2.03. The Kier molecular flexibility index (Phi) is 3.85. The molecule has 19 heavy (non-hydrogen) atoms. The number of carbonyl (C=O) groups excluding carboxylic acids is 1. The molecule has 0 atom stereocenters. The van der Waals surface area contributed by atoms with E-state index in [-0.39, 0.29) is 5.78 Å². The molecule has 0 aromatic heterocycles. The van der Waals surface area contributed by atoms with Crippen LogP contribution in [0.1, 0.15) is 21.5 Å². The lowest BCUT2D eigenvalue weighted by molar-refractivity contribution is 0.104. The van der Waals surface area contributed by atoms with E-state index in [9.17, 15) is 13.6 Å². The summed E-state index contributed by atoms with van der Waals surface area (Å²) >= 11 is 0. The number of halogens is 2. The molecule has 0 heterocycles. The summed E-state index contributed by atoms with van der Waals surface area (Å²) in [5.74, 6) is -2.00. The molecule has 2 aromatic rings. The first-order chi connectivity index (χ1) is 9.06. The van der Waals surface area contributed by atoms with Gasteiger partial charge >= 0.3 is 0 Å². The topological polar surface area (TPSA) is 17.1 Å². The van der Waals surface area contributed by atoms with Crippen LogP contribution in [0.2, 0.25) is 0 Å². The summed E-state index contributed by atoms with van der Waals surface area (Å²) in [4.78, 5) is 11.9. The third-order valence-electron chi connectivity index (χ3n) is 2.67. The molecule has 2 aromatic carbocycles. The van der Waals surface area contributed by atoms with Crippen LogP contribution in [0.3, 0.4) is 0 Å². The summed E-state index contributed by atoms with van der Waals surface area (Å²) in [7, 11) is 0. The van der Waals surface area contributed by atoms with Crippen LogP contribution < -0.4 is 0 Å². The van der Waals surface area contributed by atoms with E-state index in [2.05, 4.69) is 0 Å². The summed E-state index contributed by atoms with van der Waals surface area (Å²) in [6, 6.07) is 10.7. The fraction of sp³-hybridized carbons (Fsp3) is 0.0625. The highest BCUT2D eigenvalue weighted by molar-refractivity contribution is 6.06. The molecule has 0 spiro atoms. The zero-order valence-electron chi connectivity index (χ0n) is 10.4. The van der Waals surface area contributed by atoms with Gasteiger partial charge in [-0.3, -0.25) is 4.79 Å². The molecular formula is C16H12F2O. The maximum atomic E-state index is 13.0. The largest absolute Gasteiger partial charge is 0.289 e. The Labute approximate surface area is 110 Å². The van der Waals surface area contributed by atoms with Crippen LogP contribution in [0.4, 0.5) is 8.78 Å². The standard InChI is InChI=1S/C16H12F2O/c1-11-3-2-4-13(9-11)16(19)8-6-12-5-7-14(17)15(18)10-12/h2-10H,1H3/b8-6+. The summed E-state index contributed by atoms with van der Waals surface area (Å²) in [5.41, 5.74) is 2.01. The van der Waals surface area contributed by atoms with E-state index in [4.69, 9.17) is 0 Å². The molecule has 0 aliphatic rings. The highest BCUT2D eigenvalue weighted by Crippen LogP contribution is 2.11. The second-order valence-corrected chi connectivity index (χ2v) is 4.24. The molecule has 3 heteroatoms. The van der Waals surface area contributed by atoms with Gasteiger partial charge in [-0.2, -0.15) is 0 Å². The van der Waals surface area contributed by atoms with Crippen LogP contribution in [-0.4, -0.2) is 5.78 Å². The summed E-state index contributed by atoms with van der Waals surface area (Å²) in [5, 5.41) is 0. The average Bonchev–Trinajstić information content (AvgIpc) is 2.40. The normalized spacial score (nSPS) is 10.9. The Morgan fingerprint density at radius 1 is 1.05 bits per heavy atom. The van der Waals surface area contributed by atoms with Crippen molar-refractivity contribution in [3.05, 3.63) is 76.9 Å². The van der Waals surface area contributed by atoms with Crippen LogP contribution in [0, 0.1) is 18.6 Å². The van der Waals surface area contributed by atoms with Crippen molar-refractivity contribution in [2.45, 2.75) is 6.92 Å². The van der Waals surface area contributed by atoms with Crippen LogP contribution in [0.15, 0.2) is 48.5 Å². The van der Waals surface area contributed by atoms with Crippen molar-refractivity contribution in [1.82, 2.24) is 0 Å². The number of hydrogen-bond acceptors (Lipinski definition) is 1. The lowest BCUT2D eigenvalue weighted by atomic mass is 10.1. The van der Waals surface area contributed by atoms with E-state index in [1.165, 1.54) is 18.2 Å². The average molecular weight is 258 g/mol. The molecule has 0 unspecified atom stereocenters. The molecule has 0 aliphatic carbocycles. The Balaban J connectivity index is 2.18. The monoisotopic (exact) mass is 258 g/mol. The summed E-state index contributed by atoms with van der Waals surface area (Å²) in [6.45, 7) is 1.90. The predicted octanol–water partition coefficient (Wildman–Crippen LogP) is 4.17. The third kappa shape index (κ3) is 3.35. The quantitative estimate of drug-likeness (QED) is 0.596. The summed E-state index contributed by atoms with van der Waals surface area (Å²) in [6.07, 6.45) is 2.81. The van der Waals surface area contributed by atoms with Gasteiger partial charge in [0.25, 0.3) is 0 Å². The lowest BCUT2D eigenvalue weighted by Crippen LogP contribution is -1.94. The summed E-state index contributed by atoms with van der Waals surface area (Å²) < 4.78 is 25.7. The van der Waals surface area contributed by atoms with Gasteiger partial charge in [0.05, 0.1) is 0 Å². The number of hydrogen-bond donors (Lipinski definition) is 0. The first-order valence-electron chi connectivity index (χ1n) is 5.80. The van der Waals surface area contributed by atoms with Gasteiger partial charge in [-0.05, 0) is 36.8 Å². The molecule has 0 aliphatic heterocycles. The van der Waals surface area contributed by atoms with E-state index < -0.39 is 11.6 Å². The smallest absolute Gasteiger partial charge is 0.185 e. The molecule has 1 nitrogen and oxygen atoms in total. The molecule has 0 bridgehead atoms. The molecule has 0 saturated carbocycles. The van der Waals surface area contributed by atoms with Gasteiger partial charge < -0.3 is 0 Å². The highest BCUT2D eigenvalue weighted by atomic mass is 19.2. The van der Waals surface area contributed by atoms with E-state index in [0.29, 0.717) is 11.1 Å². The van der Waals surface area contributed by atoms with Gasteiger partial charge in [0, 0.05) is 5.56 Å². The molecule has 0 N–H and O–H groups in total. The van der Waals surface area contributed by atoms with Crippen LogP contribution in [-0.2, 0) is 0 Å². The Morgan fingerprint density at radius 3 is 2.53 bits per heavy atom. The number of rotatable bonds is 3. The molecule has 2 rings (SSSR count). The fourth-order valence-corrected chi connectivity index (χ4v) is 1.68. The zero-order chi connectivity index (χ0) is 13.8. The van der Waals surface area contributed by atoms with Crippen molar-refractivity contribution in [2.24, 2.45) is 0 Å². The molecule has 0 saturated heterocycles. The first kappa shape index (κ1) is 13.1. The van der Waals surface area contributed by atoms with Crippen LogP contribution in [0.25, 0.3) is 6.08 Å². The third-order valence-corrected chi connectivity index (χ3v) is 2.67. The minimum absolute atomic E-state index is 0.173. The molecule has 0 fully saturated rings. The Hall–Kier alpha value is -2.29. The van der Waals surface area contributed by atoms with E-state index >= 15 is 0 Å². The van der Waals surface area contributed by atoms with E-state index in [1.54, 1.807) is 18.2 Å². The molecule has 96 valence electrons. The number of ketones is 1. The second kappa shape index (κ2) is 5.57. The number of benzene rings is 2. The predicted molar refractivity (Wildman–Crippen MR) is 70.9 cm³/mol. The molecule has 0 radical (unpaired) electrons. The maximum Gasteiger partial charge on any atom is 0.185 e. The van der Waals surface area contributed by atoms with Gasteiger partial charge in [-0.15, -0.1) is 0 Å². The van der Waals surface area contributed by atoms with Crippen molar-refractivity contribution >= 4 is 11.9 Å². The van der Waals surface area contributed by atoms with Gasteiger partial charge in [0.15, 0.2) is 17.4 Å². The molecule has 0 amide bonds. The SMILES string of the molecule is Cc1cccc(C(=O)/C=C/c2ccc(F)c(F)c2)c1. The van der Waals surface area contributed by atoms with Gasteiger partial charge in [-0.1, -0.05) is 35.9 Å². The van der Waals surface area contributed by atoms with Crippen molar-refractivity contribution < 1.29 is 13.6 Å². The second-order valence-electron chi connectivity index (χ2n) is 4.24. The Bertz CT molecular complexity index is 645. The van der Waals surface area contributed by atoms with Gasteiger partial charge in [0.1, 0.15) is 0 Å². The number of carbonyl (C=O) groups is 1. The fourth-order valence-electron chi connectivity index (χ4n) is 1.68. The van der Waals surface area contributed by atoms with Crippen molar-refractivity contribution in [2.75, 3.05) is 0 Å². The van der Waals surface area contributed by atoms with Crippen LogP contribution >= 0.6 is 0 Å². The van der Waals surface area contributed by atoms with Crippen molar-refractivity contribution in [3.8, 4) is 0 Å². The number of aryl methyl sites for hydroxylation is 1. The zero-order valence-corrected chi connectivity index (χ0v) is 10.4. The lowest BCUT2D eigenvalue weighted by Gasteiger charge is -1.98. The number of allylic oxidation sites excluding steroid dienone is 1. The van der Waals surface area contributed by atoms with Gasteiger partial charge in [-0.25, -0.2) is 8.78 Å². The van der Waals surface area contributed by atoms with Crippen molar-refractivity contribution in [3.63, 3.8) is 0 Å². The Morgan fingerprint density at radius 2 is 1.84 bits per heavy atom. The van der Waals surface area contributed by atoms with Crippen molar-refractivity contribution in [1.29, 1.82) is 0 Å². The van der Waals surface area contributed by atoms with E-state index in [1.807, 2.05) is 13.0 Å². The minimum Gasteiger partial charge on any atom is -0.289 e. The maximum absolute atomic E-state index is 13.0. The minimum atomic E-state index is -0.926. The first-order valence-corrected chi connectivity index (χ1v) is 5.80. The van der Waals surface area contributed by atoms with E-state index in [0.717, 1.165) is 17.7 Å². The molecular weight excluding hydrogens is 246 g/mol. The van der Waals surface area contributed by atoms with Crippen LogP contribution in [0.5, 0.6) is 0 Å².